The molecule has 0 aromatic rings. The van der Waals surface area contributed by atoms with Gasteiger partial charge in [-0.1, -0.05) is 25.5 Å². The molecule has 2 nitrogen and oxygen atoms in total. The Morgan fingerprint density at radius 1 is 1.32 bits per heavy atom. The maximum Gasteiger partial charge on any atom is 0.0754 e. The van der Waals surface area contributed by atoms with Crippen LogP contribution in [-0.4, -0.2) is 22.4 Å². The average molecular weight is 306 g/mol. The van der Waals surface area contributed by atoms with Crippen molar-refractivity contribution >= 4 is 0 Å². The van der Waals surface area contributed by atoms with Crippen LogP contribution < -0.4 is 0 Å². The monoisotopic (exact) mass is 306 g/mol. The molecule has 2 bridgehead atoms. The molecule has 2 heterocycles. The van der Waals surface area contributed by atoms with E-state index >= 15 is 0 Å². The van der Waals surface area contributed by atoms with E-state index in [0.717, 1.165) is 12.8 Å². The van der Waals surface area contributed by atoms with Crippen LogP contribution in [-0.2, 0) is 4.74 Å². The summed E-state index contributed by atoms with van der Waals surface area (Å²) in [6.07, 6.45) is 9.07. The van der Waals surface area contributed by atoms with Gasteiger partial charge >= 0.3 is 0 Å². The lowest BCUT2D eigenvalue weighted by molar-refractivity contribution is -0.0434. The zero-order valence-electron chi connectivity index (χ0n) is 15.1. The zero-order valence-corrected chi connectivity index (χ0v) is 15.1. The van der Waals surface area contributed by atoms with Gasteiger partial charge in [0.25, 0.3) is 0 Å². The molecule has 22 heavy (non-hydrogen) atoms. The molecule has 0 spiro atoms. The number of ether oxygens (including phenoxy) is 1. The van der Waals surface area contributed by atoms with Crippen LogP contribution in [0.15, 0.2) is 11.6 Å². The van der Waals surface area contributed by atoms with E-state index < -0.39 is 0 Å². The second kappa shape index (κ2) is 5.63. The van der Waals surface area contributed by atoms with E-state index in [4.69, 9.17) is 4.74 Å². The molecule has 2 aliphatic heterocycles. The molecule has 126 valence electrons. The lowest BCUT2D eigenvalue weighted by Crippen LogP contribution is -2.37. The van der Waals surface area contributed by atoms with Crippen LogP contribution in [0.1, 0.15) is 73.1 Å². The van der Waals surface area contributed by atoms with Crippen molar-refractivity contribution in [1.82, 2.24) is 0 Å². The summed E-state index contributed by atoms with van der Waals surface area (Å²) in [5, 5.41) is 10.3. The molecule has 0 saturated carbocycles. The van der Waals surface area contributed by atoms with Gasteiger partial charge in [-0.2, -0.15) is 0 Å². The normalized spacial score (nSPS) is 49.3. The number of fused-ring (bicyclic) bond motifs is 2. The van der Waals surface area contributed by atoms with Crippen LogP contribution in [0.2, 0.25) is 0 Å². The number of allylic oxidation sites excluding steroid dienone is 1. The minimum Gasteiger partial charge on any atom is -0.389 e. The summed E-state index contributed by atoms with van der Waals surface area (Å²) in [5.41, 5.74) is 1.58. The minimum absolute atomic E-state index is 0.107. The predicted octanol–water partition coefficient (Wildman–Crippen LogP) is 4.71. The van der Waals surface area contributed by atoms with Crippen molar-refractivity contribution in [3.8, 4) is 0 Å². The number of aliphatic hydroxyl groups is 1. The second-order valence-electron chi connectivity index (χ2n) is 8.88. The van der Waals surface area contributed by atoms with E-state index in [1.807, 2.05) is 0 Å². The number of rotatable bonds is 4. The molecule has 1 aliphatic carbocycles. The van der Waals surface area contributed by atoms with Crippen LogP contribution in [0.3, 0.4) is 0 Å². The van der Waals surface area contributed by atoms with E-state index in [1.165, 1.54) is 31.3 Å². The van der Waals surface area contributed by atoms with Gasteiger partial charge in [0.2, 0.25) is 0 Å². The number of aliphatic hydroxyl groups excluding tert-OH is 1. The fourth-order valence-electron chi connectivity index (χ4n) is 5.56. The van der Waals surface area contributed by atoms with E-state index in [-0.39, 0.29) is 17.3 Å². The Bertz CT molecular complexity index is 457. The molecule has 2 saturated heterocycles. The molecular weight excluding hydrogens is 272 g/mol. The SMILES string of the molecule is CC1=C[C@@H](O)[C@@H]([C@@H](C)CC[C@H]2[C@H](C)[C@]3(C)CC[C@@]2(C)O3)CC1. The Balaban J connectivity index is 1.59. The number of hydrogen-bond donors (Lipinski definition) is 1. The van der Waals surface area contributed by atoms with Crippen LogP contribution in [0.4, 0.5) is 0 Å². The molecule has 3 rings (SSSR count). The first-order valence-corrected chi connectivity index (χ1v) is 9.31. The molecule has 0 aromatic carbocycles. The van der Waals surface area contributed by atoms with Gasteiger partial charge in [0.1, 0.15) is 0 Å². The van der Waals surface area contributed by atoms with Crippen molar-refractivity contribution in [2.75, 3.05) is 0 Å². The van der Waals surface area contributed by atoms with Gasteiger partial charge in [0.05, 0.1) is 17.3 Å². The standard InChI is InChI=1S/C20H34O2/c1-13-6-8-16(18(21)12-13)14(2)7-9-17-15(3)19(4)10-11-20(17,5)22-19/h12,14-18,21H,6-11H2,1-5H3/t14-,15-,16+,17-,18+,19-,20+/m0/s1. The Labute approximate surface area is 136 Å². The fourth-order valence-corrected chi connectivity index (χ4v) is 5.56. The Hall–Kier alpha value is -0.340. The van der Waals surface area contributed by atoms with E-state index in [9.17, 15) is 5.11 Å². The van der Waals surface area contributed by atoms with Gasteiger partial charge in [0.15, 0.2) is 0 Å². The van der Waals surface area contributed by atoms with Crippen LogP contribution >= 0.6 is 0 Å². The quantitative estimate of drug-likeness (QED) is 0.762. The highest BCUT2D eigenvalue weighted by Gasteiger charge is 2.60. The lowest BCUT2D eigenvalue weighted by atomic mass is 9.66. The molecule has 7 atom stereocenters. The zero-order chi connectivity index (χ0) is 16.1. The fraction of sp³-hybridized carbons (Fsp3) is 0.900. The third-order valence-corrected chi connectivity index (χ3v) is 7.37. The van der Waals surface area contributed by atoms with Crippen molar-refractivity contribution in [3.63, 3.8) is 0 Å². The first kappa shape index (κ1) is 16.5. The Morgan fingerprint density at radius 3 is 2.59 bits per heavy atom. The van der Waals surface area contributed by atoms with Crippen LogP contribution in [0.5, 0.6) is 0 Å². The van der Waals surface area contributed by atoms with Gasteiger partial charge < -0.3 is 9.84 Å². The molecule has 2 fully saturated rings. The van der Waals surface area contributed by atoms with Gasteiger partial charge in [-0.25, -0.2) is 0 Å². The first-order chi connectivity index (χ1) is 10.3. The van der Waals surface area contributed by atoms with Gasteiger partial charge in [-0.3, -0.25) is 0 Å². The highest BCUT2D eigenvalue weighted by Crippen LogP contribution is 2.58. The van der Waals surface area contributed by atoms with Crippen molar-refractivity contribution < 1.29 is 9.84 Å². The van der Waals surface area contributed by atoms with E-state index in [2.05, 4.69) is 40.7 Å². The van der Waals surface area contributed by atoms with Gasteiger partial charge in [-0.05, 0) is 83.0 Å². The summed E-state index contributed by atoms with van der Waals surface area (Å²) in [7, 11) is 0. The minimum atomic E-state index is -0.231. The third-order valence-electron chi connectivity index (χ3n) is 7.37. The van der Waals surface area contributed by atoms with E-state index in [0.29, 0.717) is 23.7 Å². The molecule has 2 heteroatoms. The maximum atomic E-state index is 10.3. The molecule has 3 aliphatic rings. The highest BCUT2D eigenvalue weighted by molar-refractivity contribution is 5.10. The summed E-state index contributed by atoms with van der Waals surface area (Å²) >= 11 is 0. The summed E-state index contributed by atoms with van der Waals surface area (Å²) < 4.78 is 6.43. The maximum absolute atomic E-state index is 10.3. The molecule has 0 unspecified atom stereocenters. The molecule has 0 aromatic heterocycles. The smallest absolute Gasteiger partial charge is 0.0754 e. The molecule has 1 N–H and O–H groups in total. The molecular formula is C20H34O2. The van der Waals surface area contributed by atoms with Crippen molar-refractivity contribution in [2.45, 2.75) is 90.4 Å². The van der Waals surface area contributed by atoms with E-state index in [1.54, 1.807) is 0 Å². The van der Waals surface area contributed by atoms with Crippen molar-refractivity contribution in [3.05, 3.63) is 11.6 Å². The Morgan fingerprint density at radius 2 is 2.00 bits per heavy atom. The van der Waals surface area contributed by atoms with Crippen LogP contribution in [0.25, 0.3) is 0 Å². The largest absolute Gasteiger partial charge is 0.389 e. The Kier molecular flexibility index (Phi) is 4.23. The first-order valence-electron chi connectivity index (χ1n) is 9.31. The molecule has 0 radical (unpaired) electrons. The van der Waals surface area contributed by atoms with Crippen molar-refractivity contribution in [2.24, 2.45) is 23.7 Å². The van der Waals surface area contributed by atoms with Gasteiger partial charge in [-0.15, -0.1) is 0 Å². The number of hydrogen-bond acceptors (Lipinski definition) is 2. The van der Waals surface area contributed by atoms with Gasteiger partial charge in [0, 0.05) is 0 Å². The van der Waals surface area contributed by atoms with Crippen molar-refractivity contribution in [1.29, 1.82) is 0 Å². The molecule has 0 amide bonds. The second-order valence-corrected chi connectivity index (χ2v) is 8.88. The highest BCUT2D eigenvalue weighted by atomic mass is 16.5. The summed E-state index contributed by atoms with van der Waals surface area (Å²) in [6.45, 7) is 11.5. The lowest BCUT2D eigenvalue weighted by Gasteiger charge is -2.36. The predicted molar refractivity (Wildman–Crippen MR) is 90.7 cm³/mol. The summed E-state index contributed by atoms with van der Waals surface area (Å²) in [6, 6.07) is 0. The topological polar surface area (TPSA) is 29.5 Å². The summed E-state index contributed by atoms with van der Waals surface area (Å²) in [5.74, 6) is 2.40. The van der Waals surface area contributed by atoms with Crippen LogP contribution in [0, 0.1) is 23.7 Å². The average Bonchev–Trinajstić information content (AvgIpc) is 2.84. The third kappa shape index (κ3) is 2.67. The summed E-state index contributed by atoms with van der Waals surface area (Å²) in [4.78, 5) is 0.